The van der Waals surface area contributed by atoms with E-state index < -0.39 is 16.9 Å². The van der Waals surface area contributed by atoms with E-state index in [0.29, 0.717) is 25.1 Å². The van der Waals surface area contributed by atoms with Crippen LogP contribution in [0.25, 0.3) is 22.6 Å². The lowest BCUT2D eigenvalue weighted by Gasteiger charge is -2.36. The van der Waals surface area contributed by atoms with Gasteiger partial charge in [0.1, 0.15) is 17.1 Å². The van der Waals surface area contributed by atoms with E-state index in [1.165, 1.54) is 0 Å². The van der Waals surface area contributed by atoms with Gasteiger partial charge in [0.15, 0.2) is 11.5 Å². The molecule has 4 aromatic rings. The minimum atomic E-state index is -0.985. The molecule has 2 aliphatic rings. The summed E-state index contributed by atoms with van der Waals surface area (Å²) in [5, 5.41) is 9.33. The molecule has 1 N–H and O–H groups in total. The molecular formula is C39H40N4O6. The number of rotatable bonds is 13. The Bertz CT molecular complexity index is 2090. The van der Waals surface area contributed by atoms with E-state index in [-0.39, 0.29) is 31.1 Å². The molecule has 0 spiro atoms. The molecule has 2 heterocycles. The smallest absolute Gasteiger partial charge is 0.352 e. The fourth-order valence-electron chi connectivity index (χ4n) is 6.30. The monoisotopic (exact) mass is 660 g/mol. The van der Waals surface area contributed by atoms with Crippen LogP contribution in [0.15, 0.2) is 101 Å². The molecule has 0 aromatic heterocycles. The van der Waals surface area contributed by atoms with Crippen molar-refractivity contribution in [3.63, 3.8) is 0 Å². The molecule has 0 amide bonds. The summed E-state index contributed by atoms with van der Waals surface area (Å²) in [4.78, 5) is 35.7. The van der Waals surface area contributed by atoms with Crippen molar-refractivity contribution in [2.24, 2.45) is 0 Å². The van der Waals surface area contributed by atoms with Gasteiger partial charge in [-0.3, -0.25) is 9.36 Å². The largest absolute Gasteiger partial charge is 0.497 e. The second kappa shape index (κ2) is 14.4. The molecule has 2 aliphatic heterocycles. The van der Waals surface area contributed by atoms with Crippen molar-refractivity contribution in [2.75, 3.05) is 27.4 Å². The third-order valence-corrected chi connectivity index (χ3v) is 9.02. The quantitative estimate of drug-likeness (QED) is 0.0985. The highest BCUT2D eigenvalue weighted by atomic mass is 16.5. The maximum Gasteiger partial charge on any atom is 0.352 e. The highest BCUT2D eigenvalue weighted by Gasteiger charge is 2.38. The van der Waals surface area contributed by atoms with E-state index in [9.17, 15) is 14.7 Å². The lowest BCUT2D eigenvalue weighted by atomic mass is 9.80. The number of hydrogen-bond donors (Lipinski definition) is 1. The summed E-state index contributed by atoms with van der Waals surface area (Å²) < 4.78 is 20.9. The average Bonchev–Trinajstić information content (AvgIpc) is 3.13. The Hall–Kier alpha value is -5.32. The molecule has 0 radical (unpaired) electrons. The number of aryl methyl sites for hydroxylation is 3. The number of nitrogens with zero attached hydrogens (tertiary/aromatic N) is 4. The van der Waals surface area contributed by atoms with Gasteiger partial charge in [-0.05, 0) is 90.9 Å². The molecule has 252 valence electrons. The predicted molar refractivity (Wildman–Crippen MR) is 189 cm³/mol. The SMILES string of the molecule is COc1ccc(C(OCCCn2c3nc(=O)n(CCCO)c(=O)c-3nc3cc(C)c(C)cc32)(c2ccccc2)c2ccc(OC)cc2)cc1. The van der Waals surface area contributed by atoms with Crippen LogP contribution < -0.4 is 20.7 Å². The van der Waals surface area contributed by atoms with Crippen molar-refractivity contribution in [3.8, 4) is 23.0 Å². The standard InChI is InChI=1S/C39H40N4O6/c1-26-24-33-34(25-27(26)2)42(36-35(40-33)37(45)43(20-8-22-44)38(46)41-36)21-9-23-49-39(28-10-6-5-7-11-28,29-12-16-31(47-3)17-13-29)30-14-18-32(48-4)19-15-30/h5-7,10-19,24-25,44H,8-9,20-23H2,1-4H3. The van der Waals surface area contributed by atoms with Crippen LogP contribution in [0, 0.1) is 13.8 Å². The van der Waals surface area contributed by atoms with Crippen molar-refractivity contribution in [1.29, 1.82) is 0 Å². The van der Waals surface area contributed by atoms with Crippen LogP contribution in [0.5, 0.6) is 11.5 Å². The van der Waals surface area contributed by atoms with Crippen LogP contribution in [0.2, 0.25) is 0 Å². The van der Waals surface area contributed by atoms with Crippen LogP contribution >= 0.6 is 0 Å². The van der Waals surface area contributed by atoms with Crippen LogP contribution in [-0.2, 0) is 23.4 Å². The number of benzene rings is 4. The molecular weight excluding hydrogens is 620 g/mol. The van der Waals surface area contributed by atoms with Gasteiger partial charge in [0.25, 0.3) is 5.56 Å². The van der Waals surface area contributed by atoms with E-state index >= 15 is 0 Å². The molecule has 0 saturated carbocycles. The van der Waals surface area contributed by atoms with Crippen molar-refractivity contribution in [1.82, 2.24) is 19.1 Å². The van der Waals surface area contributed by atoms with Crippen LogP contribution in [-0.4, -0.2) is 51.6 Å². The number of aromatic nitrogens is 4. The highest BCUT2D eigenvalue weighted by Crippen LogP contribution is 2.42. The van der Waals surface area contributed by atoms with Crippen LogP contribution in [0.4, 0.5) is 0 Å². The first-order valence-corrected chi connectivity index (χ1v) is 16.3. The van der Waals surface area contributed by atoms with Crippen molar-refractivity contribution in [2.45, 2.75) is 45.4 Å². The van der Waals surface area contributed by atoms with E-state index in [1.54, 1.807) is 14.2 Å². The maximum absolute atomic E-state index is 13.5. The van der Waals surface area contributed by atoms with Gasteiger partial charge in [0, 0.05) is 19.7 Å². The Morgan fingerprint density at radius 3 is 1.88 bits per heavy atom. The zero-order valence-corrected chi connectivity index (χ0v) is 28.2. The van der Waals surface area contributed by atoms with Gasteiger partial charge in [-0.25, -0.2) is 9.78 Å². The van der Waals surface area contributed by atoms with Gasteiger partial charge in [-0.15, -0.1) is 0 Å². The Balaban J connectivity index is 1.43. The Morgan fingerprint density at radius 2 is 1.29 bits per heavy atom. The summed E-state index contributed by atoms with van der Waals surface area (Å²) in [6.07, 6.45) is 0.785. The summed E-state index contributed by atoms with van der Waals surface area (Å²) >= 11 is 0. The highest BCUT2D eigenvalue weighted by molar-refractivity contribution is 5.81. The fraction of sp³-hybridized carbons (Fsp3) is 0.282. The van der Waals surface area contributed by atoms with E-state index in [4.69, 9.17) is 19.2 Å². The first kappa shape index (κ1) is 33.6. The summed E-state index contributed by atoms with van der Waals surface area (Å²) in [6, 6.07) is 29.8. The summed E-state index contributed by atoms with van der Waals surface area (Å²) in [7, 11) is 3.28. The number of aliphatic hydroxyl groups is 1. The lowest BCUT2D eigenvalue weighted by molar-refractivity contribution is 0.0101. The van der Waals surface area contributed by atoms with Crippen molar-refractivity contribution >= 4 is 11.0 Å². The summed E-state index contributed by atoms with van der Waals surface area (Å²) in [6.45, 7) is 4.65. The first-order valence-electron chi connectivity index (χ1n) is 16.3. The molecule has 10 heteroatoms. The number of methoxy groups -OCH3 is 2. The fourth-order valence-corrected chi connectivity index (χ4v) is 6.30. The molecule has 0 bridgehead atoms. The van der Waals surface area contributed by atoms with Gasteiger partial charge in [-0.1, -0.05) is 54.6 Å². The number of ether oxygens (including phenoxy) is 3. The minimum Gasteiger partial charge on any atom is -0.497 e. The van der Waals surface area contributed by atoms with Gasteiger partial charge in [0.05, 0.1) is 31.9 Å². The number of fused-ring (bicyclic) bond motifs is 2. The molecule has 49 heavy (non-hydrogen) atoms. The summed E-state index contributed by atoms with van der Waals surface area (Å²) in [5.74, 6) is 1.70. The van der Waals surface area contributed by atoms with Crippen molar-refractivity contribution in [3.05, 3.63) is 140 Å². The lowest BCUT2D eigenvalue weighted by Crippen LogP contribution is -2.39. The summed E-state index contributed by atoms with van der Waals surface area (Å²) in [5.41, 5.74) is 4.24. The van der Waals surface area contributed by atoms with Gasteiger partial charge in [0.2, 0.25) is 0 Å². The van der Waals surface area contributed by atoms with E-state index in [0.717, 1.165) is 49.4 Å². The molecule has 6 rings (SSSR count). The van der Waals surface area contributed by atoms with Gasteiger partial charge < -0.3 is 23.9 Å². The third-order valence-electron chi connectivity index (χ3n) is 9.02. The second-order valence-electron chi connectivity index (χ2n) is 12.0. The van der Waals surface area contributed by atoms with E-state index in [2.05, 4.69) is 17.1 Å². The second-order valence-corrected chi connectivity index (χ2v) is 12.0. The molecule has 0 saturated heterocycles. The Morgan fingerprint density at radius 1 is 0.714 bits per heavy atom. The minimum absolute atomic E-state index is 0.0654. The van der Waals surface area contributed by atoms with Gasteiger partial charge in [-0.2, -0.15) is 4.98 Å². The molecule has 10 nitrogen and oxygen atoms in total. The molecule has 0 unspecified atom stereocenters. The van der Waals surface area contributed by atoms with Crippen molar-refractivity contribution < 1.29 is 19.3 Å². The molecule has 0 fully saturated rings. The number of aliphatic hydroxyl groups excluding tert-OH is 1. The average molecular weight is 661 g/mol. The van der Waals surface area contributed by atoms with E-state index in [1.807, 2.05) is 97.3 Å². The maximum atomic E-state index is 13.5. The predicted octanol–water partition coefficient (Wildman–Crippen LogP) is 5.47. The Kier molecular flexibility index (Phi) is 9.89. The molecule has 0 atom stereocenters. The molecule has 0 aliphatic carbocycles. The first-order chi connectivity index (χ1) is 23.8. The van der Waals surface area contributed by atoms with Crippen LogP contribution in [0.1, 0.15) is 40.7 Å². The van der Waals surface area contributed by atoms with Crippen LogP contribution in [0.3, 0.4) is 0 Å². The third kappa shape index (κ3) is 6.45. The molecule has 4 aromatic carbocycles. The zero-order valence-electron chi connectivity index (χ0n) is 28.2. The topological polar surface area (TPSA) is 118 Å². The zero-order chi connectivity index (χ0) is 34.5. The number of hydrogen-bond acceptors (Lipinski definition) is 8. The normalized spacial score (nSPS) is 11.7. The Labute approximate surface area is 284 Å². The van der Waals surface area contributed by atoms with Gasteiger partial charge >= 0.3 is 5.69 Å².